The van der Waals surface area contributed by atoms with Crippen LogP contribution in [-0.4, -0.2) is 25.0 Å². The van der Waals surface area contributed by atoms with Gasteiger partial charge in [0, 0.05) is 12.3 Å². The van der Waals surface area contributed by atoms with Gasteiger partial charge in [-0.3, -0.25) is 9.59 Å². The zero-order chi connectivity index (χ0) is 19.2. The Morgan fingerprint density at radius 3 is 2.58 bits per heavy atom. The highest BCUT2D eigenvalue weighted by Gasteiger charge is 2.34. The van der Waals surface area contributed by atoms with Crippen LogP contribution in [0.25, 0.3) is 0 Å². The minimum Gasteiger partial charge on any atom is -0.459 e. The summed E-state index contributed by atoms with van der Waals surface area (Å²) in [6, 6.07) is 5.92. The zero-order valence-electron chi connectivity index (χ0n) is 13.9. The number of benzene rings is 1. The Kier molecular flexibility index (Phi) is 6.40. The monoisotopic (exact) mass is 370 g/mol. The second-order valence-corrected chi connectivity index (χ2v) is 5.29. The van der Waals surface area contributed by atoms with Gasteiger partial charge in [0.25, 0.3) is 5.91 Å². The molecule has 2 aromatic rings. The van der Waals surface area contributed by atoms with E-state index >= 15 is 0 Å². The molecule has 1 aromatic carbocycles. The summed E-state index contributed by atoms with van der Waals surface area (Å²) >= 11 is 0. The van der Waals surface area contributed by atoms with Crippen molar-refractivity contribution in [1.82, 2.24) is 0 Å². The van der Waals surface area contributed by atoms with Gasteiger partial charge in [-0.2, -0.15) is 13.2 Å². The van der Waals surface area contributed by atoms with Crippen molar-refractivity contribution in [2.24, 2.45) is 0 Å². The average molecular weight is 370 g/mol. The molecule has 0 saturated heterocycles. The van der Waals surface area contributed by atoms with Crippen molar-refractivity contribution in [3.05, 3.63) is 47.9 Å². The van der Waals surface area contributed by atoms with E-state index in [-0.39, 0.29) is 18.1 Å². The molecule has 140 valence electrons. The van der Waals surface area contributed by atoms with Gasteiger partial charge in [-0.1, -0.05) is 6.92 Å². The van der Waals surface area contributed by atoms with Gasteiger partial charge in [0.1, 0.15) is 6.61 Å². The summed E-state index contributed by atoms with van der Waals surface area (Å²) in [5.41, 5.74) is -1.59. The van der Waals surface area contributed by atoms with Gasteiger partial charge in [-0.25, -0.2) is 0 Å². The van der Waals surface area contributed by atoms with Crippen LogP contribution in [0.3, 0.4) is 0 Å². The van der Waals surface area contributed by atoms with Crippen LogP contribution in [-0.2, 0) is 15.7 Å². The van der Waals surface area contributed by atoms with E-state index in [2.05, 4.69) is 10.6 Å². The molecule has 0 aliphatic rings. The summed E-state index contributed by atoms with van der Waals surface area (Å²) in [7, 11) is 0. The van der Waals surface area contributed by atoms with E-state index in [1.54, 1.807) is 0 Å². The molecule has 26 heavy (non-hydrogen) atoms. The number of hydrogen-bond acceptors (Lipinski definition) is 4. The van der Waals surface area contributed by atoms with Gasteiger partial charge in [-0.15, -0.1) is 0 Å². The Hall–Kier alpha value is -2.81. The molecule has 1 heterocycles. The number of ether oxygens (including phenoxy) is 1. The number of rotatable bonds is 7. The molecular weight excluding hydrogens is 353 g/mol. The van der Waals surface area contributed by atoms with Crippen molar-refractivity contribution in [1.29, 1.82) is 0 Å². The van der Waals surface area contributed by atoms with Crippen LogP contribution in [0, 0.1) is 0 Å². The fraction of sp³-hybridized carbons (Fsp3) is 0.294. The zero-order valence-corrected chi connectivity index (χ0v) is 13.9. The molecule has 0 radical (unpaired) electrons. The van der Waals surface area contributed by atoms with Gasteiger partial charge >= 0.3 is 6.18 Å². The minimum absolute atomic E-state index is 0.0380. The van der Waals surface area contributed by atoms with Crippen LogP contribution < -0.4 is 10.6 Å². The van der Waals surface area contributed by atoms with E-state index in [0.29, 0.717) is 13.0 Å². The lowest BCUT2D eigenvalue weighted by Gasteiger charge is -2.15. The summed E-state index contributed by atoms with van der Waals surface area (Å²) in [6.07, 6.45) is -2.77. The first kappa shape index (κ1) is 19.5. The SMILES string of the molecule is CCCOCC(=O)Nc1ccc(NC(=O)c2ccco2)cc1C(F)(F)F. The smallest absolute Gasteiger partial charge is 0.418 e. The fourth-order valence-electron chi connectivity index (χ4n) is 2.06. The van der Waals surface area contributed by atoms with E-state index < -0.39 is 29.2 Å². The molecule has 0 unspecified atom stereocenters. The van der Waals surface area contributed by atoms with Crippen molar-refractivity contribution in [2.45, 2.75) is 19.5 Å². The van der Waals surface area contributed by atoms with Crippen molar-refractivity contribution >= 4 is 23.2 Å². The van der Waals surface area contributed by atoms with Crippen LogP contribution in [0.4, 0.5) is 24.5 Å². The lowest BCUT2D eigenvalue weighted by molar-refractivity contribution is -0.137. The van der Waals surface area contributed by atoms with Crippen molar-refractivity contribution < 1.29 is 31.9 Å². The largest absolute Gasteiger partial charge is 0.459 e. The Morgan fingerprint density at radius 1 is 1.19 bits per heavy atom. The number of nitrogens with one attached hydrogen (secondary N) is 2. The van der Waals surface area contributed by atoms with Crippen molar-refractivity contribution in [2.75, 3.05) is 23.8 Å². The van der Waals surface area contributed by atoms with E-state index in [1.165, 1.54) is 24.5 Å². The van der Waals surface area contributed by atoms with E-state index in [1.807, 2.05) is 6.92 Å². The van der Waals surface area contributed by atoms with Gasteiger partial charge in [-0.05, 0) is 36.8 Å². The number of halogens is 3. The highest BCUT2D eigenvalue weighted by atomic mass is 19.4. The number of carbonyl (C=O) groups excluding carboxylic acids is 2. The predicted octanol–water partition coefficient (Wildman–Crippen LogP) is 3.92. The topological polar surface area (TPSA) is 80.6 Å². The van der Waals surface area contributed by atoms with Crippen LogP contribution in [0.1, 0.15) is 29.5 Å². The second-order valence-electron chi connectivity index (χ2n) is 5.29. The lowest BCUT2D eigenvalue weighted by Crippen LogP contribution is -2.21. The molecule has 0 bridgehead atoms. The second kappa shape index (κ2) is 8.52. The van der Waals surface area contributed by atoms with Crippen LogP contribution in [0.5, 0.6) is 0 Å². The third-order valence-corrected chi connectivity index (χ3v) is 3.18. The molecule has 0 aliphatic carbocycles. The molecule has 0 atom stereocenters. The lowest BCUT2D eigenvalue weighted by atomic mass is 10.1. The molecule has 0 spiro atoms. The van der Waals surface area contributed by atoms with Crippen LogP contribution in [0.2, 0.25) is 0 Å². The van der Waals surface area contributed by atoms with E-state index in [0.717, 1.165) is 12.1 Å². The molecule has 2 amide bonds. The highest BCUT2D eigenvalue weighted by Crippen LogP contribution is 2.36. The number of alkyl halides is 3. The van der Waals surface area contributed by atoms with Crippen molar-refractivity contribution in [3.63, 3.8) is 0 Å². The summed E-state index contributed by atoms with van der Waals surface area (Å²) in [5.74, 6) is -1.42. The Labute approximate surface area is 147 Å². The number of anilines is 2. The third-order valence-electron chi connectivity index (χ3n) is 3.18. The Balaban J connectivity index is 2.16. The first-order chi connectivity index (χ1) is 12.3. The third kappa shape index (κ3) is 5.35. The van der Waals surface area contributed by atoms with E-state index in [4.69, 9.17) is 9.15 Å². The number of carbonyl (C=O) groups is 2. The maximum absolute atomic E-state index is 13.3. The first-order valence-electron chi connectivity index (χ1n) is 7.75. The van der Waals surface area contributed by atoms with Crippen LogP contribution in [0.15, 0.2) is 41.0 Å². The molecule has 2 N–H and O–H groups in total. The fourth-order valence-corrected chi connectivity index (χ4v) is 2.06. The van der Waals surface area contributed by atoms with Gasteiger partial charge < -0.3 is 19.8 Å². The number of amides is 2. The Bertz CT molecular complexity index is 758. The van der Waals surface area contributed by atoms with Gasteiger partial charge in [0.2, 0.25) is 5.91 Å². The van der Waals surface area contributed by atoms with Crippen LogP contribution >= 0.6 is 0 Å². The summed E-state index contributed by atoms with van der Waals surface area (Å²) in [6.45, 7) is 1.83. The highest BCUT2D eigenvalue weighted by molar-refractivity contribution is 6.02. The maximum Gasteiger partial charge on any atom is 0.418 e. The Morgan fingerprint density at radius 2 is 1.96 bits per heavy atom. The van der Waals surface area contributed by atoms with E-state index in [9.17, 15) is 22.8 Å². The molecule has 0 saturated carbocycles. The summed E-state index contributed by atoms with van der Waals surface area (Å²) in [4.78, 5) is 23.6. The minimum atomic E-state index is -4.72. The average Bonchev–Trinajstić information content (AvgIpc) is 3.10. The maximum atomic E-state index is 13.3. The molecular formula is C17H17F3N2O4. The molecule has 0 fully saturated rings. The summed E-state index contributed by atoms with van der Waals surface area (Å²) in [5, 5.41) is 4.48. The molecule has 0 aliphatic heterocycles. The molecule has 6 nitrogen and oxygen atoms in total. The number of hydrogen-bond donors (Lipinski definition) is 2. The molecule has 9 heteroatoms. The van der Waals surface area contributed by atoms with Gasteiger partial charge in [0.05, 0.1) is 17.5 Å². The molecule has 1 aromatic heterocycles. The summed E-state index contributed by atoms with van der Waals surface area (Å²) < 4.78 is 49.7. The number of furan rings is 1. The first-order valence-corrected chi connectivity index (χ1v) is 7.75. The standard InChI is InChI=1S/C17H17F3N2O4/c1-2-7-25-10-15(23)22-13-6-5-11(9-12(13)17(18,19)20)21-16(24)14-4-3-8-26-14/h3-6,8-9H,2,7,10H2,1H3,(H,21,24)(H,22,23). The normalized spacial score (nSPS) is 11.2. The van der Waals surface area contributed by atoms with Gasteiger partial charge in [0.15, 0.2) is 5.76 Å². The predicted molar refractivity (Wildman–Crippen MR) is 87.8 cm³/mol. The quantitative estimate of drug-likeness (QED) is 0.724. The molecule has 2 rings (SSSR count). The van der Waals surface area contributed by atoms with Crippen molar-refractivity contribution in [3.8, 4) is 0 Å².